The lowest BCUT2D eigenvalue weighted by molar-refractivity contribution is -0.126. The number of nitrogens with zero attached hydrogens (tertiary/aromatic N) is 3. The SMILES string of the molecule is CN(C)C(=O)CNc1oc(-c2ccccc2)nc1C#N. The zero-order valence-electron chi connectivity index (χ0n) is 11.3. The number of carbonyl (C=O) groups excluding carboxylic acids is 1. The number of nitrogens with one attached hydrogen (secondary N) is 1. The van der Waals surface area contributed by atoms with E-state index in [9.17, 15) is 4.79 Å². The van der Waals surface area contributed by atoms with Gasteiger partial charge in [0.1, 0.15) is 6.07 Å². The van der Waals surface area contributed by atoms with Crippen LogP contribution < -0.4 is 5.32 Å². The van der Waals surface area contributed by atoms with Crippen LogP contribution in [0.15, 0.2) is 34.7 Å². The molecule has 0 aliphatic rings. The summed E-state index contributed by atoms with van der Waals surface area (Å²) in [4.78, 5) is 17.1. The molecule has 0 fully saturated rings. The van der Waals surface area contributed by atoms with Gasteiger partial charge < -0.3 is 14.6 Å². The van der Waals surface area contributed by atoms with Crippen LogP contribution in [0, 0.1) is 11.3 Å². The maximum Gasteiger partial charge on any atom is 0.241 e. The van der Waals surface area contributed by atoms with Crippen molar-refractivity contribution in [3.8, 4) is 17.5 Å². The molecule has 1 heterocycles. The summed E-state index contributed by atoms with van der Waals surface area (Å²) in [6.07, 6.45) is 0. The number of oxazole rings is 1. The van der Waals surface area contributed by atoms with Crippen molar-refractivity contribution < 1.29 is 9.21 Å². The Bertz CT molecular complexity index is 641. The van der Waals surface area contributed by atoms with E-state index in [0.29, 0.717) is 5.89 Å². The van der Waals surface area contributed by atoms with E-state index < -0.39 is 0 Å². The molecule has 2 aromatic rings. The summed E-state index contributed by atoms with van der Waals surface area (Å²) < 4.78 is 5.51. The van der Waals surface area contributed by atoms with Crippen LogP contribution in [0.25, 0.3) is 11.5 Å². The Hall–Kier alpha value is -2.81. The molecule has 6 nitrogen and oxygen atoms in total. The van der Waals surface area contributed by atoms with Gasteiger partial charge in [0.2, 0.25) is 23.4 Å². The normalized spacial score (nSPS) is 9.85. The van der Waals surface area contributed by atoms with Crippen molar-refractivity contribution >= 4 is 11.8 Å². The van der Waals surface area contributed by atoms with E-state index in [4.69, 9.17) is 9.68 Å². The first-order valence-corrected chi connectivity index (χ1v) is 6.02. The Morgan fingerprint density at radius 1 is 1.40 bits per heavy atom. The molecule has 1 aromatic heterocycles. The second kappa shape index (κ2) is 5.89. The Kier molecular flexibility index (Phi) is 4.01. The largest absolute Gasteiger partial charge is 0.419 e. The summed E-state index contributed by atoms with van der Waals surface area (Å²) in [5, 5.41) is 11.8. The molecule has 0 atom stereocenters. The van der Waals surface area contributed by atoms with Crippen LogP contribution in [-0.2, 0) is 4.79 Å². The highest BCUT2D eigenvalue weighted by Crippen LogP contribution is 2.24. The van der Waals surface area contributed by atoms with Crippen LogP contribution in [0.3, 0.4) is 0 Å². The van der Waals surface area contributed by atoms with Crippen LogP contribution >= 0.6 is 0 Å². The van der Waals surface area contributed by atoms with Crippen molar-refractivity contribution in [1.82, 2.24) is 9.88 Å². The third kappa shape index (κ3) is 2.95. The van der Waals surface area contributed by atoms with Crippen molar-refractivity contribution in [2.24, 2.45) is 0 Å². The van der Waals surface area contributed by atoms with Gasteiger partial charge in [0.15, 0.2) is 0 Å². The molecule has 0 bridgehead atoms. The number of rotatable bonds is 4. The van der Waals surface area contributed by atoms with E-state index in [2.05, 4.69) is 10.3 Å². The molecule has 0 radical (unpaired) electrons. The first-order chi connectivity index (χ1) is 9.61. The third-order valence-electron chi connectivity index (χ3n) is 2.65. The van der Waals surface area contributed by atoms with Crippen molar-refractivity contribution in [1.29, 1.82) is 5.26 Å². The second-order valence-electron chi connectivity index (χ2n) is 4.32. The fraction of sp³-hybridized carbons (Fsp3) is 0.214. The average molecular weight is 270 g/mol. The predicted octanol–water partition coefficient (Wildman–Crippen LogP) is 1.71. The highest BCUT2D eigenvalue weighted by molar-refractivity contribution is 5.80. The van der Waals surface area contributed by atoms with Gasteiger partial charge in [-0.3, -0.25) is 4.79 Å². The van der Waals surface area contributed by atoms with E-state index in [1.54, 1.807) is 14.1 Å². The van der Waals surface area contributed by atoms with Crippen molar-refractivity contribution in [2.45, 2.75) is 0 Å². The van der Waals surface area contributed by atoms with Crippen LogP contribution in [0.5, 0.6) is 0 Å². The molecular formula is C14H14N4O2. The van der Waals surface area contributed by atoms with Gasteiger partial charge in [-0.2, -0.15) is 10.2 Å². The molecule has 1 aromatic carbocycles. The van der Waals surface area contributed by atoms with Gasteiger partial charge in [0.25, 0.3) is 0 Å². The van der Waals surface area contributed by atoms with Gasteiger partial charge in [0.05, 0.1) is 6.54 Å². The van der Waals surface area contributed by atoms with Gasteiger partial charge in [-0.15, -0.1) is 0 Å². The Balaban J connectivity index is 2.20. The van der Waals surface area contributed by atoms with Gasteiger partial charge >= 0.3 is 0 Å². The number of likely N-dealkylation sites (N-methyl/N-ethyl adjacent to an activating group) is 1. The highest BCUT2D eigenvalue weighted by atomic mass is 16.4. The van der Waals surface area contributed by atoms with E-state index in [0.717, 1.165) is 5.56 Å². The van der Waals surface area contributed by atoms with Crippen molar-refractivity contribution in [2.75, 3.05) is 26.0 Å². The number of amides is 1. The minimum atomic E-state index is -0.119. The number of aromatic nitrogens is 1. The Morgan fingerprint density at radius 2 is 2.10 bits per heavy atom. The van der Waals surface area contributed by atoms with E-state index in [-0.39, 0.29) is 24.0 Å². The molecule has 0 spiro atoms. The standard InChI is InChI=1S/C14H14N4O2/c1-18(2)12(19)9-16-14-11(8-15)17-13(20-14)10-6-4-3-5-7-10/h3-7,16H,9H2,1-2H3. The number of nitriles is 1. The third-order valence-corrected chi connectivity index (χ3v) is 2.65. The van der Waals surface area contributed by atoms with Gasteiger partial charge in [0, 0.05) is 19.7 Å². The van der Waals surface area contributed by atoms with Gasteiger partial charge in [-0.25, -0.2) is 0 Å². The predicted molar refractivity (Wildman–Crippen MR) is 73.8 cm³/mol. The monoisotopic (exact) mass is 270 g/mol. The highest BCUT2D eigenvalue weighted by Gasteiger charge is 2.15. The number of anilines is 1. The fourth-order valence-corrected chi connectivity index (χ4v) is 1.53. The summed E-state index contributed by atoms with van der Waals surface area (Å²) in [5.41, 5.74) is 0.909. The topological polar surface area (TPSA) is 82.2 Å². The minimum absolute atomic E-state index is 0.0467. The molecule has 6 heteroatoms. The minimum Gasteiger partial charge on any atom is -0.419 e. The van der Waals surface area contributed by atoms with Crippen LogP contribution in [-0.4, -0.2) is 36.4 Å². The van der Waals surface area contributed by atoms with Gasteiger partial charge in [-0.05, 0) is 12.1 Å². The summed E-state index contributed by atoms with van der Waals surface area (Å²) in [6, 6.07) is 11.2. The molecule has 0 saturated heterocycles. The van der Waals surface area contributed by atoms with E-state index >= 15 is 0 Å². The Morgan fingerprint density at radius 3 is 2.70 bits per heavy atom. The Labute approximate surface area is 116 Å². The zero-order chi connectivity index (χ0) is 14.5. The quantitative estimate of drug-likeness (QED) is 0.914. The molecule has 1 amide bonds. The lowest BCUT2D eigenvalue weighted by atomic mass is 10.2. The molecule has 20 heavy (non-hydrogen) atoms. The average Bonchev–Trinajstić information content (AvgIpc) is 2.88. The summed E-state index contributed by atoms with van der Waals surface area (Å²) in [7, 11) is 3.32. The number of hydrogen-bond acceptors (Lipinski definition) is 5. The molecule has 1 N–H and O–H groups in total. The second-order valence-corrected chi connectivity index (χ2v) is 4.32. The lowest BCUT2D eigenvalue weighted by Gasteiger charge is -2.09. The number of carbonyl (C=O) groups is 1. The molecular weight excluding hydrogens is 256 g/mol. The van der Waals surface area contributed by atoms with Crippen LogP contribution in [0.4, 0.5) is 5.88 Å². The fourth-order valence-electron chi connectivity index (χ4n) is 1.53. The first kappa shape index (κ1) is 13.6. The summed E-state index contributed by atoms with van der Waals surface area (Å²) >= 11 is 0. The van der Waals surface area contributed by atoms with Crippen LogP contribution in [0.2, 0.25) is 0 Å². The van der Waals surface area contributed by atoms with E-state index in [1.807, 2.05) is 36.4 Å². The first-order valence-electron chi connectivity index (χ1n) is 6.02. The molecule has 0 aliphatic heterocycles. The van der Waals surface area contributed by atoms with E-state index in [1.165, 1.54) is 4.90 Å². The maximum atomic E-state index is 11.5. The zero-order valence-corrected chi connectivity index (χ0v) is 11.3. The van der Waals surface area contributed by atoms with Crippen LogP contribution in [0.1, 0.15) is 5.69 Å². The number of hydrogen-bond donors (Lipinski definition) is 1. The molecule has 0 saturated carbocycles. The maximum absolute atomic E-state index is 11.5. The van der Waals surface area contributed by atoms with Crippen molar-refractivity contribution in [3.05, 3.63) is 36.0 Å². The summed E-state index contributed by atoms with van der Waals surface area (Å²) in [5.74, 6) is 0.440. The molecule has 102 valence electrons. The lowest BCUT2D eigenvalue weighted by Crippen LogP contribution is -2.28. The van der Waals surface area contributed by atoms with Gasteiger partial charge in [-0.1, -0.05) is 18.2 Å². The smallest absolute Gasteiger partial charge is 0.241 e. The number of benzene rings is 1. The molecule has 2 rings (SSSR count). The molecule has 0 unspecified atom stereocenters. The van der Waals surface area contributed by atoms with Crippen molar-refractivity contribution in [3.63, 3.8) is 0 Å². The summed E-state index contributed by atoms with van der Waals surface area (Å²) in [6.45, 7) is 0.0467. The molecule has 0 aliphatic carbocycles.